The number of carbonyl (C=O) groups excluding carboxylic acids is 1. The number of hydrazone groups is 1. The lowest BCUT2D eigenvalue weighted by molar-refractivity contribution is 0.0955. The van der Waals surface area contributed by atoms with E-state index >= 15 is 0 Å². The summed E-state index contributed by atoms with van der Waals surface area (Å²) < 4.78 is 29.8. The molecule has 4 rings (SSSR count). The van der Waals surface area contributed by atoms with Gasteiger partial charge in [0.15, 0.2) is 0 Å². The van der Waals surface area contributed by atoms with Gasteiger partial charge in [0.25, 0.3) is 15.9 Å². The zero-order valence-electron chi connectivity index (χ0n) is 19.5. The molecule has 0 saturated heterocycles. The van der Waals surface area contributed by atoms with Crippen LogP contribution in [0.4, 0.5) is 5.69 Å². The van der Waals surface area contributed by atoms with Crippen LogP contribution in [0.15, 0.2) is 119 Å². The number of sulfonamides is 1. The molecule has 0 saturated carbocycles. The summed E-state index contributed by atoms with van der Waals surface area (Å²) in [4.78, 5) is 13.4. The van der Waals surface area contributed by atoms with E-state index < -0.39 is 15.9 Å². The molecule has 0 aliphatic carbocycles. The molecule has 0 fully saturated rings. The predicted molar refractivity (Wildman–Crippen MR) is 152 cm³/mol. The largest absolute Gasteiger partial charge is 0.273 e. The van der Waals surface area contributed by atoms with Crippen molar-refractivity contribution in [2.45, 2.75) is 18.4 Å². The normalized spacial score (nSPS) is 11.7. The number of para-hydroxylation sites is 1. The molecule has 0 aliphatic heterocycles. The highest BCUT2D eigenvalue weighted by Gasteiger charge is 2.28. The lowest BCUT2D eigenvalue weighted by Crippen LogP contribution is -2.33. The van der Waals surface area contributed by atoms with Gasteiger partial charge in [-0.3, -0.25) is 9.10 Å². The molecule has 0 spiro atoms. The molecule has 0 aliphatic rings. The molecule has 0 radical (unpaired) electrons. The summed E-state index contributed by atoms with van der Waals surface area (Å²) in [5.41, 5.74) is 5.37. The molecular formula is C28H24IN3O3S. The van der Waals surface area contributed by atoms with E-state index in [4.69, 9.17) is 0 Å². The molecule has 0 bridgehead atoms. The minimum absolute atomic E-state index is 0.0626. The smallest absolute Gasteiger partial charge is 0.267 e. The third-order valence-electron chi connectivity index (χ3n) is 5.49. The maximum Gasteiger partial charge on any atom is 0.273 e. The second-order valence-corrected chi connectivity index (χ2v) is 11.1. The van der Waals surface area contributed by atoms with Gasteiger partial charge in [-0.2, -0.15) is 5.10 Å². The summed E-state index contributed by atoms with van der Waals surface area (Å²) in [6.45, 7) is 1.87. The molecule has 0 atom stereocenters. The highest BCUT2D eigenvalue weighted by Crippen LogP contribution is 2.29. The average molecular weight is 609 g/mol. The summed E-state index contributed by atoms with van der Waals surface area (Å²) >= 11 is 2.22. The second-order valence-electron chi connectivity index (χ2n) is 7.98. The molecule has 0 aromatic heterocycles. The summed E-state index contributed by atoms with van der Waals surface area (Å²) in [5.74, 6) is -0.503. The Morgan fingerprint density at radius 1 is 0.861 bits per heavy atom. The number of nitrogens with zero attached hydrogens (tertiary/aromatic N) is 2. The molecule has 182 valence electrons. The van der Waals surface area contributed by atoms with Gasteiger partial charge in [0.2, 0.25) is 0 Å². The van der Waals surface area contributed by atoms with Crippen molar-refractivity contribution in [3.8, 4) is 0 Å². The van der Waals surface area contributed by atoms with Crippen LogP contribution in [-0.4, -0.2) is 20.0 Å². The molecule has 1 amide bonds. The van der Waals surface area contributed by atoms with Crippen molar-refractivity contribution >= 4 is 49.9 Å². The lowest BCUT2D eigenvalue weighted by Gasteiger charge is -2.26. The van der Waals surface area contributed by atoms with Crippen LogP contribution in [0, 0.1) is 3.57 Å². The fourth-order valence-electron chi connectivity index (χ4n) is 3.62. The van der Waals surface area contributed by atoms with Gasteiger partial charge in [-0.15, -0.1) is 0 Å². The molecule has 6 nitrogen and oxygen atoms in total. The number of amides is 1. The zero-order valence-corrected chi connectivity index (χ0v) is 22.5. The van der Waals surface area contributed by atoms with E-state index in [-0.39, 0.29) is 22.7 Å². The first-order chi connectivity index (χ1) is 17.4. The molecule has 36 heavy (non-hydrogen) atoms. The minimum atomic E-state index is -3.97. The summed E-state index contributed by atoms with van der Waals surface area (Å²) in [6.07, 6.45) is 0. The first kappa shape index (κ1) is 25.6. The number of halogens is 1. The molecule has 4 aromatic carbocycles. The topological polar surface area (TPSA) is 78.8 Å². The quantitative estimate of drug-likeness (QED) is 0.155. The van der Waals surface area contributed by atoms with Crippen molar-refractivity contribution in [3.05, 3.63) is 129 Å². The summed E-state index contributed by atoms with van der Waals surface area (Å²) in [6, 6.07) is 31.9. The van der Waals surface area contributed by atoms with Gasteiger partial charge >= 0.3 is 0 Å². The van der Waals surface area contributed by atoms with Gasteiger partial charge < -0.3 is 0 Å². The van der Waals surface area contributed by atoms with Crippen molar-refractivity contribution in [1.82, 2.24) is 5.43 Å². The van der Waals surface area contributed by atoms with Gasteiger partial charge in [0.05, 0.1) is 28.4 Å². The van der Waals surface area contributed by atoms with Gasteiger partial charge in [-0.05, 0) is 77.0 Å². The Balaban J connectivity index is 1.72. The fourth-order valence-corrected chi connectivity index (χ4v) is 5.66. The predicted octanol–water partition coefficient (Wildman–Crippen LogP) is 5.84. The van der Waals surface area contributed by atoms with E-state index in [9.17, 15) is 13.2 Å². The van der Waals surface area contributed by atoms with Gasteiger partial charge in [-0.1, -0.05) is 72.8 Å². The zero-order chi connectivity index (χ0) is 25.5. The molecule has 1 N–H and O–H groups in total. The summed E-state index contributed by atoms with van der Waals surface area (Å²) in [5, 5.41) is 4.26. The molecular weight excluding hydrogens is 585 g/mol. The average Bonchev–Trinajstić information content (AvgIpc) is 2.91. The number of hydrogen-bond donors (Lipinski definition) is 1. The van der Waals surface area contributed by atoms with Gasteiger partial charge in [0, 0.05) is 3.57 Å². The maximum absolute atomic E-state index is 13.8. The first-order valence-corrected chi connectivity index (χ1v) is 13.7. The number of benzene rings is 4. The molecule has 4 aromatic rings. The maximum atomic E-state index is 13.8. The van der Waals surface area contributed by atoms with Crippen molar-refractivity contribution in [1.29, 1.82) is 0 Å². The Hall–Kier alpha value is -3.50. The van der Waals surface area contributed by atoms with E-state index in [1.54, 1.807) is 61.5 Å². The van der Waals surface area contributed by atoms with Crippen LogP contribution < -0.4 is 9.73 Å². The number of hydrogen-bond acceptors (Lipinski definition) is 4. The fraction of sp³-hybridized carbons (Fsp3) is 0.0714. The third kappa shape index (κ3) is 6.00. The minimum Gasteiger partial charge on any atom is -0.267 e. The van der Waals surface area contributed by atoms with Crippen LogP contribution >= 0.6 is 22.6 Å². The molecule has 8 heteroatoms. The SMILES string of the molecule is C/C(=N/NC(=O)c1ccccc1N(Cc1ccccc1)S(=O)(=O)c1ccccc1)c1cccc(I)c1. The third-order valence-corrected chi connectivity index (χ3v) is 7.93. The highest BCUT2D eigenvalue weighted by molar-refractivity contribution is 14.1. The van der Waals surface area contributed by atoms with Crippen molar-refractivity contribution < 1.29 is 13.2 Å². The van der Waals surface area contributed by atoms with Crippen LogP contribution in [-0.2, 0) is 16.6 Å². The van der Waals surface area contributed by atoms with Crippen molar-refractivity contribution in [3.63, 3.8) is 0 Å². The monoisotopic (exact) mass is 609 g/mol. The Labute approximate surface area is 224 Å². The van der Waals surface area contributed by atoms with E-state index in [0.29, 0.717) is 5.71 Å². The Kier molecular flexibility index (Phi) is 8.17. The second kappa shape index (κ2) is 11.5. The van der Waals surface area contributed by atoms with Crippen LogP contribution in [0.3, 0.4) is 0 Å². The Bertz CT molecular complexity index is 1490. The molecule has 0 unspecified atom stereocenters. The lowest BCUT2D eigenvalue weighted by atomic mass is 10.1. The number of carbonyl (C=O) groups is 1. The Morgan fingerprint density at radius 2 is 1.50 bits per heavy atom. The summed E-state index contributed by atoms with van der Waals surface area (Å²) in [7, 11) is -3.97. The number of anilines is 1. The first-order valence-electron chi connectivity index (χ1n) is 11.2. The molecule has 0 heterocycles. The number of rotatable bonds is 8. The van der Waals surface area contributed by atoms with Crippen molar-refractivity contribution in [2.75, 3.05) is 4.31 Å². The highest BCUT2D eigenvalue weighted by atomic mass is 127. The van der Waals surface area contributed by atoms with E-state index in [1.165, 1.54) is 4.31 Å². The van der Waals surface area contributed by atoms with Crippen molar-refractivity contribution in [2.24, 2.45) is 5.10 Å². The number of nitrogens with one attached hydrogen (secondary N) is 1. The standard InChI is InChI=1S/C28H24IN3O3S/c1-21(23-13-10-14-24(29)19-23)30-31-28(33)26-17-8-9-18-27(26)32(20-22-11-4-2-5-12-22)36(34,35)25-15-6-3-7-16-25/h2-19H,20H2,1H3,(H,31,33)/b30-21-. The van der Waals surface area contributed by atoms with Crippen LogP contribution in [0.1, 0.15) is 28.4 Å². The van der Waals surface area contributed by atoms with Gasteiger partial charge in [-0.25, -0.2) is 13.8 Å². The van der Waals surface area contributed by atoms with Crippen LogP contribution in [0.2, 0.25) is 0 Å². The van der Waals surface area contributed by atoms with E-state index in [0.717, 1.165) is 14.7 Å². The van der Waals surface area contributed by atoms with E-state index in [1.807, 2.05) is 54.6 Å². The Morgan fingerprint density at radius 3 is 2.19 bits per heavy atom. The van der Waals surface area contributed by atoms with E-state index in [2.05, 4.69) is 33.1 Å². The van der Waals surface area contributed by atoms with Crippen LogP contribution in [0.25, 0.3) is 0 Å². The van der Waals surface area contributed by atoms with Crippen LogP contribution in [0.5, 0.6) is 0 Å². The van der Waals surface area contributed by atoms with Gasteiger partial charge in [0.1, 0.15) is 0 Å².